The molecule has 1 saturated heterocycles. The summed E-state index contributed by atoms with van der Waals surface area (Å²) in [6.45, 7) is 2.97. The fourth-order valence-corrected chi connectivity index (χ4v) is 3.68. The van der Waals surface area contributed by atoms with E-state index in [4.69, 9.17) is 0 Å². The molecule has 0 aliphatic carbocycles. The summed E-state index contributed by atoms with van der Waals surface area (Å²) in [5.41, 5.74) is 0.441. The van der Waals surface area contributed by atoms with Crippen molar-refractivity contribution >= 4 is 23.6 Å². The number of halogens is 1. The zero-order valence-electron chi connectivity index (χ0n) is 13.6. The summed E-state index contributed by atoms with van der Waals surface area (Å²) in [4.78, 5) is 27.8. The number of amides is 2. The lowest BCUT2D eigenvalue weighted by Gasteiger charge is -2.24. The number of carbonyl (C=O) groups excluding carboxylic acids is 2. The number of nitrogens with one attached hydrogen (secondary N) is 1. The highest BCUT2D eigenvalue weighted by Crippen LogP contribution is 2.43. The van der Waals surface area contributed by atoms with E-state index in [-0.39, 0.29) is 29.4 Å². The monoisotopic (exact) mass is 339 g/mol. The zero-order valence-corrected chi connectivity index (χ0v) is 14.4. The van der Waals surface area contributed by atoms with Gasteiger partial charge in [-0.1, -0.05) is 18.2 Å². The average Bonchev–Trinajstić information content (AvgIpc) is 2.75. The molecule has 1 fully saturated rings. The SMILES string of the molecule is C[C@@H]1S[C@H](c2ccccc2F)N(CC(=O)NCCN(C)C)C1=O. The quantitative estimate of drug-likeness (QED) is 0.853. The van der Waals surface area contributed by atoms with E-state index >= 15 is 0 Å². The molecule has 1 aromatic rings. The Bertz CT molecular complexity index is 582. The fourth-order valence-electron chi connectivity index (χ4n) is 2.38. The Labute approximate surface area is 140 Å². The van der Waals surface area contributed by atoms with Crippen LogP contribution in [-0.2, 0) is 9.59 Å². The normalized spacial score (nSPS) is 21.1. The first kappa shape index (κ1) is 17.7. The van der Waals surface area contributed by atoms with Gasteiger partial charge in [-0.3, -0.25) is 9.59 Å². The maximum atomic E-state index is 14.0. The lowest BCUT2D eigenvalue weighted by Crippen LogP contribution is -2.42. The minimum atomic E-state index is -0.460. The summed E-state index contributed by atoms with van der Waals surface area (Å²) in [7, 11) is 3.84. The van der Waals surface area contributed by atoms with Crippen molar-refractivity contribution < 1.29 is 14.0 Å². The predicted octanol–water partition coefficient (Wildman–Crippen LogP) is 1.47. The van der Waals surface area contributed by atoms with E-state index in [1.807, 2.05) is 19.0 Å². The number of nitrogens with zero attached hydrogens (tertiary/aromatic N) is 2. The fraction of sp³-hybridized carbons (Fsp3) is 0.500. The third-order valence-corrected chi connectivity index (χ3v) is 4.99. The van der Waals surface area contributed by atoms with Gasteiger partial charge in [0.2, 0.25) is 11.8 Å². The minimum Gasteiger partial charge on any atom is -0.353 e. The summed E-state index contributed by atoms with van der Waals surface area (Å²) in [5, 5.41) is 2.04. The maximum Gasteiger partial charge on any atom is 0.239 e. The maximum absolute atomic E-state index is 14.0. The van der Waals surface area contributed by atoms with E-state index in [2.05, 4.69) is 5.32 Å². The highest BCUT2D eigenvalue weighted by molar-refractivity contribution is 8.01. The lowest BCUT2D eigenvalue weighted by molar-refractivity contribution is -0.135. The number of hydrogen-bond acceptors (Lipinski definition) is 4. The molecule has 2 rings (SSSR count). The van der Waals surface area contributed by atoms with E-state index < -0.39 is 5.37 Å². The van der Waals surface area contributed by atoms with Gasteiger partial charge in [0.05, 0.1) is 5.25 Å². The summed E-state index contributed by atoms with van der Waals surface area (Å²) in [6, 6.07) is 6.39. The van der Waals surface area contributed by atoms with Crippen molar-refractivity contribution in [2.75, 3.05) is 33.7 Å². The molecule has 23 heavy (non-hydrogen) atoms. The summed E-state index contributed by atoms with van der Waals surface area (Å²) in [5.74, 6) is -0.716. The topological polar surface area (TPSA) is 52.7 Å². The predicted molar refractivity (Wildman–Crippen MR) is 89.5 cm³/mol. The molecule has 5 nitrogen and oxygen atoms in total. The smallest absolute Gasteiger partial charge is 0.239 e. The van der Waals surface area contributed by atoms with Gasteiger partial charge in [0.15, 0.2) is 0 Å². The van der Waals surface area contributed by atoms with E-state index in [0.717, 1.165) is 6.54 Å². The van der Waals surface area contributed by atoms with Crippen LogP contribution in [0.15, 0.2) is 24.3 Å². The molecule has 1 aromatic carbocycles. The van der Waals surface area contributed by atoms with Gasteiger partial charge in [-0.15, -0.1) is 11.8 Å². The van der Waals surface area contributed by atoms with Crippen LogP contribution in [0, 0.1) is 5.82 Å². The van der Waals surface area contributed by atoms with Crippen molar-refractivity contribution in [3.05, 3.63) is 35.6 Å². The Morgan fingerprint density at radius 1 is 1.39 bits per heavy atom. The van der Waals surface area contributed by atoms with Crippen LogP contribution in [0.3, 0.4) is 0 Å². The zero-order chi connectivity index (χ0) is 17.0. The molecule has 0 unspecified atom stereocenters. The lowest BCUT2D eigenvalue weighted by atomic mass is 10.2. The van der Waals surface area contributed by atoms with Crippen LogP contribution < -0.4 is 5.32 Å². The third-order valence-electron chi connectivity index (χ3n) is 3.61. The van der Waals surface area contributed by atoms with Crippen LogP contribution in [0.5, 0.6) is 0 Å². The molecule has 7 heteroatoms. The van der Waals surface area contributed by atoms with Gasteiger partial charge < -0.3 is 15.1 Å². The van der Waals surface area contributed by atoms with Gasteiger partial charge in [0.1, 0.15) is 17.7 Å². The van der Waals surface area contributed by atoms with E-state index in [1.54, 1.807) is 25.1 Å². The first-order chi connectivity index (χ1) is 10.9. The second-order valence-electron chi connectivity index (χ2n) is 5.77. The molecule has 2 amide bonds. The highest BCUT2D eigenvalue weighted by atomic mass is 32.2. The van der Waals surface area contributed by atoms with Crippen LogP contribution in [0.2, 0.25) is 0 Å². The van der Waals surface area contributed by atoms with Crippen LogP contribution in [-0.4, -0.2) is 60.6 Å². The Balaban J connectivity index is 2.06. The molecule has 126 valence electrons. The van der Waals surface area contributed by atoms with Crippen LogP contribution >= 0.6 is 11.8 Å². The minimum absolute atomic E-state index is 0.0530. The molecule has 0 spiro atoms. The number of carbonyl (C=O) groups is 2. The Kier molecular flexibility index (Phi) is 6.01. The first-order valence-corrected chi connectivity index (χ1v) is 8.46. The molecule has 1 aliphatic rings. The van der Waals surface area contributed by atoms with Gasteiger partial charge in [-0.05, 0) is 27.1 Å². The van der Waals surface area contributed by atoms with Gasteiger partial charge in [-0.2, -0.15) is 0 Å². The summed E-state index contributed by atoms with van der Waals surface area (Å²) < 4.78 is 14.0. The number of likely N-dealkylation sites (N-methyl/N-ethyl adjacent to an activating group) is 1. The molecule has 1 N–H and O–H groups in total. The van der Waals surface area contributed by atoms with Crippen molar-refractivity contribution in [2.45, 2.75) is 17.5 Å². The largest absolute Gasteiger partial charge is 0.353 e. The molecule has 0 bridgehead atoms. The third kappa shape index (κ3) is 4.45. The molecule has 0 radical (unpaired) electrons. The molecule has 0 aromatic heterocycles. The van der Waals surface area contributed by atoms with Crippen molar-refractivity contribution in [2.24, 2.45) is 0 Å². The Morgan fingerprint density at radius 2 is 2.09 bits per heavy atom. The Morgan fingerprint density at radius 3 is 2.74 bits per heavy atom. The molecule has 1 heterocycles. The number of thioether (sulfide) groups is 1. The van der Waals surface area contributed by atoms with Gasteiger partial charge >= 0.3 is 0 Å². The highest BCUT2D eigenvalue weighted by Gasteiger charge is 2.40. The van der Waals surface area contributed by atoms with Crippen molar-refractivity contribution in [3.8, 4) is 0 Å². The van der Waals surface area contributed by atoms with Crippen LogP contribution in [0.25, 0.3) is 0 Å². The Hall–Kier alpha value is -1.60. The van der Waals surface area contributed by atoms with Crippen LogP contribution in [0.1, 0.15) is 17.9 Å². The summed E-state index contributed by atoms with van der Waals surface area (Å²) >= 11 is 1.37. The van der Waals surface area contributed by atoms with Gasteiger partial charge in [0, 0.05) is 18.7 Å². The molecule has 2 atom stereocenters. The molecular formula is C16H22FN3O2S. The number of rotatable bonds is 6. The second kappa shape index (κ2) is 7.79. The van der Waals surface area contributed by atoms with E-state index in [9.17, 15) is 14.0 Å². The number of hydrogen-bond donors (Lipinski definition) is 1. The van der Waals surface area contributed by atoms with Crippen molar-refractivity contribution in [1.29, 1.82) is 0 Å². The standard InChI is InChI=1S/C16H22FN3O2S/c1-11-15(22)20(10-14(21)18-8-9-19(2)3)16(23-11)12-6-4-5-7-13(12)17/h4-7,11,16H,8-10H2,1-3H3,(H,18,21)/t11-,16+/m0/s1. The van der Waals surface area contributed by atoms with E-state index in [1.165, 1.54) is 22.7 Å². The molecule has 1 aliphatic heterocycles. The van der Waals surface area contributed by atoms with E-state index in [0.29, 0.717) is 12.1 Å². The van der Waals surface area contributed by atoms with Gasteiger partial charge in [0.25, 0.3) is 0 Å². The molecular weight excluding hydrogens is 317 g/mol. The average molecular weight is 339 g/mol. The molecule has 0 saturated carbocycles. The second-order valence-corrected chi connectivity index (χ2v) is 7.20. The van der Waals surface area contributed by atoms with Crippen LogP contribution in [0.4, 0.5) is 4.39 Å². The van der Waals surface area contributed by atoms with Crippen molar-refractivity contribution in [3.63, 3.8) is 0 Å². The van der Waals surface area contributed by atoms with Gasteiger partial charge in [-0.25, -0.2) is 4.39 Å². The van der Waals surface area contributed by atoms with Crippen molar-refractivity contribution in [1.82, 2.24) is 15.1 Å². The first-order valence-electron chi connectivity index (χ1n) is 7.52. The summed E-state index contributed by atoms with van der Waals surface area (Å²) in [6.07, 6.45) is 0. The number of benzene rings is 1.